The van der Waals surface area contributed by atoms with E-state index < -0.39 is 7.12 Å². The average Bonchev–Trinajstić information content (AvgIpc) is 3.36. The van der Waals surface area contributed by atoms with E-state index in [0.717, 1.165) is 53.7 Å². The molecule has 0 spiro atoms. The molecule has 2 aromatic carbocycles. The number of aryl methyl sites for hydroxylation is 2. The number of rotatable bonds is 8. The van der Waals surface area contributed by atoms with Gasteiger partial charge in [-0.25, -0.2) is 4.98 Å². The van der Waals surface area contributed by atoms with Crippen molar-refractivity contribution in [3.05, 3.63) is 71.1 Å². The van der Waals surface area contributed by atoms with Gasteiger partial charge in [0.05, 0.1) is 36.6 Å². The lowest BCUT2D eigenvalue weighted by Gasteiger charge is -2.32. The van der Waals surface area contributed by atoms with Crippen LogP contribution in [0.15, 0.2) is 52.9 Å². The lowest BCUT2D eigenvalue weighted by molar-refractivity contribution is -0.0561. The minimum atomic E-state index is -0.391. The maximum absolute atomic E-state index is 6.43. The number of nitrogens with zero attached hydrogens (tertiary/aromatic N) is 1. The number of aromatic nitrogens is 1. The Morgan fingerprint density at radius 3 is 2.29 bits per heavy atom. The summed E-state index contributed by atoms with van der Waals surface area (Å²) < 4.78 is 31.3. The summed E-state index contributed by atoms with van der Waals surface area (Å²) in [4.78, 5) is 4.72. The third-order valence-electron chi connectivity index (χ3n) is 8.23. The van der Waals surface area contributed by atoms with Gasteiger partial charge in [0.15, 0.2) is 0 Å². The fraction of sp³-hybridized carbons (Fsp3) is 0.516. The summed E-state index contributed by atoms with van der Waals surface area (Å²) in [6.07, 6.45) is 4.33. The van der Waals surface area contributed by atoms with Crippen molar-refractivity contribution in [1.82, 2.24) is 4.98 Å². The summed E-state index contributed by atoms with van der Waals surface area (Å²) in [5.74, 6) is 1.46. The number of ether oxygens (including phenoxy) is 2. The molecule has 1 aliphatic heterocycles. The molecule has 7 heteroatoms. The molecule has 2 unspecified atom stereocenters. The van der Waals surface area contributed by atoms with Crippen LogP contribution in [0, 0.1) is 13.8 Å². The molecule has 2 aliphatic rings. The van der Waals surface area contributed by atoms with Gasteiger partial charge < -0.3 is 23.2 Å². The molecule has 38 heavy (non-hydrogen) atoms. The molecular weight excluding hydrogens is 477 g/mol. The molecule has 1 aliphatic carbocycles. The van der Waals surface area contributed by atoms with E-state index in [0.29, 0.717) is 19.1 Å². The third kappa shape index (κ3) is 5.91. The molecule has 1 saturated carbocycles. The fourth-order valence-electron chi connectivity index (χ4n) is 5.14. The summed E-state index contributed by atoms with van der Waals surface area (Å²) >= 11 is 0. The Morgan fingerprint density at radius 2 is 1.58 bits per heavy atom. The highest BCUT2D eigenvalue weighted by Gasteiger charge is 2.52. The highest BCUT2D eigenvalue weighted by Crippen LogP contribution is 2.37. The maximum atomic E-state index is 6.43. The van der Waals surface area contributed by atoms with Gasteiger partial charge in [-0.15, -0.1) is 0 Å². The van der Waals surface area contributed by atoms with Crippen LogP contribution in [0.4, 0.5) is 0 Å². The number of hydrogen-bond donors (Lipinski definition) is 0. The van der Waals surface area contributed by atoms with Crippen molar-refractivity contribution in [3.63, 3.8) is 0 Å². The minimum absolute atomic E-state index is 0.144. The van der Waals surface area contributed by atoms with Crippen LogP contribution in [0.5, 0.6) is 0 Å². The van der Waals surface area contributed by atoms with Crippen LogP contribution >= 0.6 is 0 Å². The van der Waals surface area contributed by atoms with Crippen molar-refractivity contribution >= 4 is 12.6 Å². The van der Waals surface area contributed by atoms with Gasteiger partial charge in [0.2, 0.25) is 5.89 Å². The molecule has 2 heterocycles. The molecule has 2 atom stereocenters. The second-order valence-corrected chi connectivity index (χ2v) is 11.7. The predicted octanol–water partition coefficient (Wildman–Crippen LogP) is 6.30. The highest BCUT2D eigenvalue weighted by molar-refractivity contribution is 6.62. The molecule has 1 aromatic heterocycles. The van der Waals surface area contributed by atoms with Crippen LogP contribution in [0.25, 0.3) is 11.5 Å². The Morgan fingerprint density at radius 1 is 0.895 bits per heavy atom. The number of benzene rings is 2. The van der Waals surface area contributed by atoms with Crippen LogP contribution in [0.2, 0.25) is 0 Å². The van der Waals surface area contributed by atoms with Crippen LogP contribution in [-0.4, -0.2) is 35.5 Å². The molecule has 6 nitrogen and oxygen atoms in total. The van der Waals surface area contributed by atoms with E-state index in [-0.39, 0.29) is 23.4 Å². The summed E-state index contributed by atoms with van der Waals surface area (Å²) in [6, 6.07) is 16.5. The van der Waals surface area contributed by atoms with Crippen LogP contribution in [0.3, 0.4) is 0 Å². The van der Waals surface area contributed by atoms with Gasteiger partial charge in [-0.05, 0) is 90.4 Å². The minimum Gasteiger partial charge on any atom is -0.441 e. The Balaban J connectivity index is 1.16. The molecule has 5 rings (SSSR count). The SMILES string of the molecule is Cc1cccc(-c2nc(COC3CCCC(OCc4ccccc4B4OC(C)(C)C(C)(C)O4)C3)c(C)o2)c1. The molecule has 2 fully saturated rings. The van der Waals surface area contributed by atoms with E-state index in [1.165, 1.54) is 5.56 Å². The quantitative estimate of drug-likeness (QED) is 0.327. The van der Waals surface area contributed by atoms with Gasteiger partial charge in [-0.3, -0.25) is 0 Å². The van der Waals surface area contributed by atoms with Crippen molar-refractivity contribution < 1.29 is 23.2 Å². The van der Waals surface area contributed by atoms with Crippen LogP contribution in [-0.2, 0) is 32.0 Å². The zero-order chi connectivity index (χ0) is 26.9. The van der Waals surface area contributed by atoms with E-state index in [4.69, 9.17) is 28.2 Å². The van der Waals surface area contributed by atoms with Gasteiger partial charge in [0.25, 0.3) is 0 Å². The largest absolute Gasteiger partial charge is 0.495 e. The van der Waals surface area contributed by atoms with E-state index in [2.05, 4.69) is 58.9 Å². The first-order valence-electron chi connectivity index (χ1n) is 13.8. The Labute approximate surface area is 227 Å². The highest BCUT2D eigenvalue weighted by atomic mass is 16.7. The lowest BCUT2D eigenvalue weighted by Crippen LogP contribution is -2.41. The topological polar surface area (TPSA) is 63.0 Å². The summed E-state index contributed by atoms with van der Waals surface area (Å²) in [7, 11) is -0.391. The maximum Gasteiger partial charge on any atom is 0.495 e. The average molecular weight is 517 g/mol. The first-order chi connectivity index (χ1) is 18.1. The Kier molecular flexibility index (Phi) is 7.83. The summed E-state index contributed by atoms with van der Waals surface area (Å²) in [5.41, 5.74) is 4.44. The van der Waals surface area contributed by atoms with Crippen LogP contribution < -0.4 is 5.46 Å². The first-order valence-corrected chi connectivity index (χ1v) is 13.8. The zero-order valence-electron chi connectivity index (χ0n) is 23.6. The number of hydrogen-bond acceptors (Lipinski definition) is 6. The Bertz CT molecular complexity index is 1240. The predicted molar refractivity (Wildman–Crippen MR) is 149 cm³/mol. The molecule has 0 N–H and O–H groups in total. The molecule has 0 radical (unpaired) electrons. The Hall–Kier alpha value is -2.45. The van der Waals surface area contributed by atoms with Gasteiger partial charge in [-0.2, -0.15) is 0 Å². The van der Waals surface area contributed by atoms with Gasteiger partial charge in [0, 0.05) is 5.56 Å². The molecule has 202 valence electrons. The number of oxazole rings is 1. The van der Waals surface area contributed by atoms with E-state index in [1.54, 1.807) is 0 Å². The van der Waals surface area contributed by atoms with E-state index >= 15 is 0 Å². The van der Waals surface area contributed by atoms with Crippen molar-refractivity contribution in [2.75, 3.05) is 0 Å². The fourth-order valence-corrected chi connectivity index (χ4v) is 5.14. The third-order valence-corrected chi connectivity index (χ3v) is 8.23. The molecular formula is C31H40BNO5. The molecule has 3 aromatic rings. The first kappa shape index (κ1) is 27.1. The van der Waals surface area contributed by atoms with Crippen LogP contribution in [0.1, 0.15) is 76.0 Å². The van der Waals surface area contributed by atoms with E-state index in [9.17, 15) is 0 Å². The van der Waals surface area contributed by atoms with Crippen molar-refractivity contribution in [2.24, 2.45) is 0 Å². The van der Waals surface area contributed by atoms with Gasteiger partial charge >= 0.3 is 7.12 Å². The standard InChI is InChI=1S/C31H40BNO5/c1-21-11-9-13-23(17-21)29-33-28(22(2)36-29)20-35-26-15-10-14-25(18-26)34-19-24-12-7-8-16-27(24)32-37-30(3,4)31(5,6)38-32/h7-9,11-13,16-17,25-26H,10,14-15,18-20H2,1-6H3. The summed E-state index contributed by atoms with van der Waals surface area (Å²) in [5, 5.41) is 0. The monoisotopic (exact) mass is 517 g/mol. The second kappa shape index (κ2) is 11.0. The zero-order valence-corrected chi connectivity index (χ0v) is 23.6. The van der Waals surface area contributed by atoms with E-state index in [1.807, 2.05) is 31.2 Å². The molecule has 1 saturated heterocycles. The van der Waals surface area contributed by atoms with Gasteiger partial charge in [-0.1, -0.05) is 42.0 Å². The smallest absolute Gasteiger partial charge is 0.441 e. The normalized spacial score (nSPS) is 22.6. The van der Waals surface area contributed by atoms with Gasteiger partial charge in [0.1, 0.15) is 11.5 Å². The van der Waals surface area contributed by atoms with Crippen molar-refractivity contribution in [2.45, 2.75) is 104 Å². The molecule has 0 amide bonds. The molecule has 0 bridgehead atoms. The van der Waals surface area contributed by atoms with Crippen molar-refractivity contribution in [1.29, 1.82) is 0 Å². The second-order valence-electron chi connectivity index (χ2n) is 11.7. The summed E-state index contributed by atoms with van der Waals surface area (Å²) in [6.45, 7) is 13.3. The lowest BCUT2D eigenvalue weighted by atomic mass is 9.76. The van der Waals surface area contributed by atoms with Crippen molar-refractivity contribution in [3.8, 4) is 11.5 Å².